The fraction of sp³-hybridized carbons (Fsp3) is 0.176. The summed E-state index contributed by atoms with van der Waals surface area (Å²) < 4.78 is 10.7. The second-order valence-electron chi connectivity index (χ2n) is 5.00. The minimum atomic E-state index is 0.443. The van der Waals surface area contributed by atoms with E-state index in [-0.39, 0.29) is 0 Å². The number of anilines is 4. The Bertz CT molecular complexity index is 772. The summed E-state index contributed by atoms with van der Waals surface area (Å²) in [5.41, 5.74) is 7.45. The third-order valence-corrected chi connectivity index (χ3v) is 3.32. The van der Waals surface area contributed by atoms with E-state index in [0.717, 1.165) is 17.2 Å². The predicted molar refractivity (Wildman–Crippen MR) is 93.4 cm³/mol. The molecule has 1 aromatic carbocycles. The average molecular weight is 325 g/mol. The van der Waals surface area contributed by atoms with Crippen LogP contribution in [0, 0.1) is 0 Å². The number of furan rings is 1. The molecule has 3 aromatic rings. The van der Waals surface area contributed by atoms with Gasteiger partial charge in [-0.15, -0.1) is 0 Å². The Labute approximate surface area is 139 Å². The van der Waals surface area contributed by atoms with Gasteiger partial charge in [-0.3, -0.25) is 0 Å². The zero-order valence-electron chi connectivity index (χ0n) is 13.3. The molecule has 0 aliphatic rings. The molecule has 0 aliphatic heterocycles. The molecule has 0 unspecified atom stereocenters. The van der Waals surface area contributed by atoms with E-state index in [4.69, 9.17) is 14.9 Å². The summed E-state index contributed by atoms with van der Waals surface area (Å²) in [6.45, 7) is 3.08. The van der Waals surface area contributed by atoms with Crippen molar-refractivity contribution in [3.63, 3.8) is 0 Å². The van der Waals surface area contributed by atoms with Gasteiger partial charge < -0.3 is 25.5 Å². The van der Waals surface area contributed by atoms with Crippen molar-refractivity contribution in [2.45, 2.75) is 13.5 Å². The summed E-state index contributed by atoms with van der Waals surface area (Å²) >= 11 is 0. The van der Waals surface area contributed by atoms with Crippen molar-refractivity contribution >= 4 is 23.0 Å². The molecule has 0 atom stereocenters. The normalized spacial score (nSPS) is 10.4. The molecule has 124 valence electrons. The van der Waals surface area contributed by atoms with E-state index in [9.17, 15) is 0 Å². The Morgan fingerprint density at radius 2 is 1.92 bits per heavy atom. The number of nitrogens with two attached hydrogens (primary N) is 1. The largest absolute Gasteiger partial charge is 0.494 e. The lowest BCUT2D eigenvalue weighted by Gasteiger charge is -2.12. The van der Waals surface area contributed by atoms with Crippen molar-refractivity contribution in [2.75, 3.05) is 23.0 Å². The van der Waals surface area contributed by atoms with Gasteiger partial charge in [-0.05, 0) is 43.3 Å². The Hall–Kier alpha value is -3.22. The average Bonchev–Trinajstić information content (AvgIpc) is 3.11. The maximum absolute atomic E-state index is 6.14. The lowest BCUT2D eigenvalue weighted by molar-refractivity contribution is 0.340. The molecule has 7 heteroatoms. The molecule has 7 nitrogen and oxygen atoms in total. The van der Waals surface area contributed by atoms with Gasteiger partial charge in [0.15, 0.2) is 11.6 Å². The summed E-state index contributed by atoms with van der Waals surface area (Å²) in [6, 6.07) is 11.3. The van der Waals surface area contributed by atoms with E-state index in [2.05, 4.69) is 20.6 Å². The Morgan fingerprint density at radius 1 is 1.12 bits per heavy atom. The number of rotatable bonds is 7. The fourth-order valence-electron chi connectivity index (χ4n) is 2.16. The molecule has 3 rings (SSSR count). The van der Waals surface area contributed by atoms with E-state index in [1.54, 1.807) is 6.26 Å². The Morgan fingerprint density at radius 3 is 2.62 bits per heavy atom. The highest BCUT2D eigenvalue weighted by Crippen LogP contribution is 2.27. The number of nitrogens with one attached hydrogen (secondary N) is 2. The van der Waals surface area contributed by atoms with E-state index in [1.165, 1.54) is 6.33 Å². The first-order chi connectivity index (χ1) is 11.8. The molecule has 2 aromatic heterocycles. The molecular weight excluding hydrogens is 306 g/mol. The summed E-state index contributed by atoms with van der Waals surface area (Å²) in [4.78, 5) is 8.37. The number of hydrogen-bond donors (Lipinski definition) is 3. The molecule has 0 saturated heterocycles. The van der Waals surface area contributed by atoms with Crippen LogP contribution in [0.3, 0.4) is 0 Å². The molecule has 0 spiro atoms. The van der Waals surface area contributed by atoms with Crippen LogP contribution in [-0.2, 0) is 6.54 Å². The van der Waals surface area contributed by atoms with Crippen LogP contribution in [0.1, 0.15) is 12.7 Å². The molecule has 0 aliphatic carbocycles. The highest BCUT2D eigenvalue weighted by molar-refractivity contribution is 5.77. The molecule has 0 saturated carbocycles. The Balaban J connectivity index is 1.70. The van der Waals surface area contributed by atoms with Gasteiger partial charge in [0, 0.05) is 5.69 Å². The lowest BCUT2D eigenvalue weighted by atomic mass is 10.3. The van der Waals surface area contributed by atoms with Crippen molar-refractivity contribution in [3.8, 4) is 5.75 Å². The molecular formula is C17H19N5O2. The zero-order valence-corrected chi connectivity index (χ0v) is 13.3. The van der Waals surface area contributed by atoms with Gasteiger partial charge in [0.1, 0.15) is 23.5 Å². The number of benzene rings is 1. The van der Waals surface area contributed by atoms with E-state index in [0.29, 0.717) is 30.5 Å². The van der Waals surface area contributed by atoms with Crippen LogP contribution >= 0.6 is 0 Å². The third kappa shape index (κ3) is 3.75. The van der Waals surface area contributed by atoms with Crippen LogP contribution in [0.4, 0.5) is 23.0 Å². The first-order valence-electron chi connectivity index (χ1n) is 7.63. The van der Waals surface area contributed by atoms with Gasteiger partial charge in [0.2, 0.25) is 0 Å². The summed E-state index contributed by atoms with van der Waals surface area (Å²) in [5.74, 6) is 2.71. The first-order valence-corrected chi connectivity index (χ1v) is 7.63. The highest BCUT2D eigenvalue weighted by atomic mass is 16.5. The van der Waals surface area contributed by atoms with Gasteiger partial charge in [0.05, 0.1) is 19.4 Å². The van der Waals surface area contributed by atoms with Crippen LogP contribution in [0.5, 0.6) is 5.75 Å². The van der Waals surface area contributed by atoms with E-state index < -0.39 is 0 Å². The van der Waals surface area contributed by atoms with Crippen LogP contribution in [0.15, 0.2) is 53.4 Å². The molecule has 0 amide bonds. The van der Waals surface area contributed by atoms with Crippen molar-refractivity contribution in [2.24, 2.45) is 0 Å². The smallest absolute Gasteiger partial charge is 0.159 e. The molecule has 24 heavy (non-hydrogen) atoms. The van der Waals surface area contributed by atoms with E-state index in [1.807, 2.05) is 43.3 Å². The molecule has 0 fully saturated rings. The standard InChI is InChI=1S/C17H19N5O2/c1-2-23-13-7-5-12(6-8-13)22-17-15(18)16(20-11-21-17)19-10-14-4-3-9-24-14/h3-9,11H,2,10,18H2,1H3,(H2,19,20,21,22). The molecule has 0 radical (unpaired) electrons. The summed E-state index contributed by atoms with van der Waals surface area (Å²) in [7, 11) is 0. The molecule has 0 bridgehead atoms. The second kappa shape index (κ2) is 7.36. The summed E-state index contributed by atoms with van der Waals surface area (Å²) in [6.07, 6.45) is 3.08. The van der Waals surface area contributed by atoms with Gasteiger partial charge in [-0.25, -0.2) is 9.97 Å². The van der Waals surface area contributed by atoms with Crippen molar-refractivity contribution in [1.29, 1.82) is 0 Å². The van der Waals surface area contributed by atoms with Crippen molar-refractivity contribution < 1.29 is 9.15 Å². The van der Waals surface area contributed by atoms with Gasteiger partial charge in [-0.2, -0.15) is 0 Å². The monoisotopic (exact) mass is 325 g/mol. The van der Waals surface area contributed by atoms with Gasteiger partial charge in [0.25, 0.3) is 0 Å². The fourth-order valence-corrected chi connectivity index (χ4v) is 2.16. The SMILES string of the molecule is CCOc1ccc(Nc2ncnc(NCc3ccco3)c2N)cc1. The quantitative estimate of drug-likeness (QED) is 0.612. The first kappa shape index (κ1) is 15.7. The maximum atomic E-state index is 6.14. The highest BCUT2D eigenvalue weighted by Gasteiger charge is 2.09. The minimum Gasteiger partial charge on any atom is -0.494 e. The van der Waals surface area contributed by atoms with Crippen LogP contribution in [0.2, 0.25) is 0 Å². The second-order valence-corrected chi connectivity index (χ2v) is 5.00. The summed E-state index contributed by atoms with van der Waals surface area (Å²) in [5, 5.41) is 6.32. The van der Waals surface area contributed by atoms with Gasteiger partial charge >= 0.3 is 0 Å². The lowest BCUT2D eigenvalue weighted by Crippen LogP contribution is -2.07. The topological polar surface area (TPSA) is 98.2 Å². The number of aromatic nitrogens is 2. The van der Waals surface area contributed by atoms with E-state index >= 15 is 0 Å². The number of hydrogen-bond acceptors (Lipinski definition) is 7. The number of nitrogen functional groups attached to an aromatic ring is 1. The molecule has 4 N–H and O–H groups in total. The third-order valence-electron chi connectivity index (χ3n) is 3.32. The maximum Gasteiger partial charge on any atom is 0.159 e. The van der Waals surface area contributed by atoms with Crippen LogP contribution < -0.4 is 21.1 Å². The van der Waals surface area contributed by atoms with Crippen molar-refractivity contribution in [1.82, 2.24) is 9.97 Å². The molecule has 2 heterocycles. The predicted octanol–water partition coefficient (Wildman–Crippen LogP) is 3.41. The number of ether oxygens (including phenoxy) is 1. The minimum absolute atomic E-state index is 0.443. The van der Waals surface area contributed by atoms with Gasteiger partial charge in [-0.1, -0.05) is 0 Å². The van der Waals surface area contributed by atoms with Crippen LogP contribution in [0.25, 0.3) is 0 Å². The van der Waals surface area contributed by atoms with Crippen LogP contribution in [-0.4, -0.2) is 16.6 Å². The number of nitrogens with zero attached hydrogens (tertiary/aromatic N) is 2. The zero-order chi connectivity index (χ0) is 16.8. The van der Waals surface area contributed by atoms with Crippen molar-refractivity contribution in [3.05, 3.63) is 54.7 Å². The Kier molecular flexibility index (Phi) is 4.81.